The van der Waals surface area contributed by atoms with E-state index in [9.17, 15) is 0 Å². The third-order valence-electron chi connectivity index (χ3n) is 2.97. The summed E-state index contributed by atoms with van der Waals surface area (Å²) in [5, 5.41) is 4.37. The van der Waals surface area contributed by atoms with Crippen LogP contribution in [0.3, 0.4) is 0 Å². The third kappa shape index (κ3) is 2.91. The zero-order chi connectivity index (χ0) is 10.5. The molecule has 0 saturated heterocycles. The SMILES string of the molecule is ClC1=CCCCCN1C1=CCCCCN1. The number of hydrogen-bond donors (Lipinski definition) is 1. The highest BCUT2D eigenvalue weighted by atomic mass is 35.5. The first kappa shape index (κ1) is 10.9. The van der Waals surface area contributed by atoms with Gasteiger partial charge in [0.1, 0.15) is 11.0 Å². The number of rotatable bonds is 1. The first-order valence-electron chi connectivity index (χ1n) is 5.95. The van der Waals surface area contributed by atoms with E-state index in [-0.39, 0.29) is 0 Å². The molecule has 0 atom stereocenters. The summed E-state index contributed by atoms with van der Waals surface area (Å²) >= 11 is 6.28. The third-order valence-corrected chi connectivity index (χ3v) is 3.33. The van der Waals surface area contributed by atoms with Gasteiger partial charge in [-0.3, -0.25) is 0 Å². The number of nitrogens with one attached hydrogen (secondary N) is 1. The Balaban J connectivity index is 2.09. The van der Waals surface area contributed by atoms with Crippen LogP contribution in [0.4, 0.5) is 0 Å². The summed E-state index contributed by atoms with van der Waals surface area (Å²) in [4.78, 5) is 2.22. The van der Waals surface area contributed by atoms with E-state index in [2.05, 4.69) is 22.4 Å². The van der Waals surface area contributed by atoms with Gasteiger partial charge < -0.3 is 10.2 Å². The fourth-order valence-electron chi connectivity index (χ4n) is 2.09. The largest absolute Gasteiger partial charge is 0.372 e. The van der Waals surface area contributed by atoms with Crippen LogP contribution in [0.15, 0.2) is 23.1 Å². The van der Waals surface area contributed by atoms with Gasteiger partial charge in [0, 0.05) is 13.1 Å². The van der Waals surface area contributed by atoms with Crippen LogP contribution in [0.2, 0.25) is 0 Å². The molecule has 0 aromatic rings. The lowest BCUT2D eigenvalue weighted by molar-refractivity contribution is 0.411. The first-order chi connectivity index (χ1) is 7.38. The summed E-state index contributed by atoms with van der Waals surface area (Å²) in [6, 6.07) is 0. The molecule has 0 aliphatic carbocycles. The Kier molecular flexibility index (Phi) is 3.95. The van der Waals surface area contributed by atoms with Gasteiger partial charge in [-0.2, -0.15) is 0 Å². The Morgan fingerprint density at radius 1 is 1.07 bits per heavy atom. The van der Waals surface area contributed by atoms with Gasteiger partial charge in [0.25, 0.3) is 0 Å². The van der Waals surface area contributed by atoms with E-state index in [1.165, 1.54) is 37.9 Å². The molecular weight excluding hydrogens is 208 g/mol. The molecule has 0 unspecified atom stereocenters. The van der Waals surface area contributed by atoms with Crippen molar-refractivity contribution in [3.63, 3.8) is 0 Å². The fraction of sp³-hybridized carbons (Fsp3) is 0.667. The van der Waals surface area contributed by atoms with Crippen LogP contribution in [0.5, 0.6) is 0 Å². The Bertz CT molecular complexity index is 271. The monoisotopic (exact) mass is 226 g/mol. The molecule has 2 aliphatic rings. The van der Waals surface area contributed by atoms with E-state index in [4.69, 9.17) is 11.6 Å². The van der Waals surface area contributed by atoms with Gasteiger partial charge in [0.2, 0.25) is 0 Å². The second-order valence-electron chi connectivity index (χ2n) is 4.19. The van der Waals surface area contributed by atoms with E-state index in [1.807, 2.05) is 0 Å². The quantitative estimate of drug-likeness (QED) is 0.691. The molecule has 0 amide bonds. The van der Waals surface area contributed by atoms with Crippen LogP contribution >= 0.6 is 11.6 Å². The molecule has 15 heavy (non-hydrogen) atoms. The molecule has 2 aliphatic heterocycles. The van der Waals surface area contributed by atoms with Crippen LogP contribution < -0.4 is 5.32 Å². The fourth-order valence-corrected chi connectivity index (χ4v) is 2.37. The molecule has 0 radical (unpaired) electrons. The number of allylic oxidation sites excluding steroid dienone is 2. The Morgan fingerprint density at radius 3 is 2.80 bits per heavy atom. The highest BCUT2D eigenvalue weighted by molar-refractivity contribution is 6.29. The predicted molar refractivity (Wildman–Crippen MR) is 64.4 cm³/mol. The molecule has 0 aromatic carbocycles. The van der Waals surface area contributed by atoms with Crippen LogP contribution in [0.1, 0.15) is 38.5 Å². The molecule has 0 fully saturated rings. The summed E-state index contributed by atoms with van der Waals surface area (Å²) in [7, 11) is 0. The highest BCUT2D eigenvalue weighted by Gasteiger charge is 2.15. The minimum Gasteiger partial charge on any atom is -0.372 e. The predicted octanol–water partition coefficient (Wildman–Crippen LogP) is 3.17. The second-order valence-corrected chi connectivity index (χ2v) is 4.57. The van der Waals surface area contributed by atoms with Gasteiger partial charge in [-0.1, -0.05) is 11.6 Å². The Morgan fingerprint density at radius 2 is 1.87 bits per heavy atom. The van der Waals surface area contributed by atoms with Gasteiger partial charge in [0.05, 0.1) is 0 Å². The van der Waals surface area contributed by atoms with Crippen molar-refractivity contribution in [3.05, 3.63) is 23.1 Å². The van der Waals surface area contributed by atoms with E-state index in [0.29, 0.717) is 0 Å². The zero-order valence-corrected chi connectivity index (χ0v) is 9.89. The molecule has 1 N–H and O–H groups in total. The van der Waals surface area contributed by atoms with Gasteiger partial charge in [-0.05, 0) is 50.7 Å². The lowest BCUT2D eigenvalue weighted by Crippen LogP contribution is -2.30. The summed E-state index contributed by atoms with van der Waals surface area (Å²) in [6.45, 7) is 2.13. The van der Waals surface area contributed by atoms with Crippen LogP contribution in [-0.2, 0) is 0 Å². The van der Waals surface area contributed by atoms with Gasteiger partial charge >= 0.3 is 0 Å². The molecule has 2 heterocycles. The Hall–Kier alpha value is -0.630. The molecule has 84 valence electrons. The number of halogens is 1. The summed E-state index contributed by atoms with van der Waals surface area (Å²) in [5.41, 5.74) is 0. The molecular formula is C12H19ClN2. The average Bonchev–Trinajstić information content (AvgIpc) is 2.59. The van der Waals surface area contributed by atoms with Crippen molar-refractivity contribution >= 4 is 11.6 Å². The minimum absolute atomic E-state index is 0.896. The van der Waals surface area contributed by atoms with Crippen LogP contribution in [0.25, 0.3) is 0 Å². The van der Waals surface area contributed by atoms with E-state index < -0.39 is 0 Å². The molecule has 0 bridgehead atoms. The molecule has 0 aromatic heterocycles. The number of hydrogen-bond acceptors (Lipinski definition) is 2. The maximum Gasteiger partial charge on any atom is 0.106 e. The first-order valence-corrected chi connectivity index (χ1v) is 6.33. The average molecular weight is 227 g/mol. The molecule has 0 saturated carbocycles. The van der Waals surface area contributed by atoms with Gasteiger partial charge in [-0.15, -0.1) is 0 Å². The Labute approximate surface area is 97.0 Å². The van der Waals surface area contributed by atoms with Crippen molar-refractivity contribution in [3.8, 4) is 0 Å². The van der Waals surface area contributed by atoms with Crippen molar-refractivity contribution in [2.24, 2.45) is 0 Å². The molecule has 2 rings (SSSR count). The smallest absolute Gasteiger partial charge is 0.106 e. The summed E-state index contributed by atoms with van der Waals surface area (Å²) in [5.74, 6) is 1.22. The van der Waals surface area contributed by atoms with Crippen molar-refractivity contribution < 1.29 is 0 Å². The normalized spacial score (nSPS) is 23.4. The molecule has 3 heteroatoms. The topological polar surface area (TPSA) is 15.3 Å². The molecule has 0 spiro atoms. The second kappa shape index (κ2) is 5.45. The van der Waals surface area contributed by atoms with Crippen molar-refractivity contribution in [2.75, 3.05) is 13.1 Å². The maximum absolute atomic E-state index is 6.28. The standard InChI is InChI=1S/C12H19ClN2/c13-11-7-3-2-6-10-15(11)12-8-4-1-5-9-14-12/h7-8,14H,1-6,9-10H2. The van der Waals surface area contributed by atoms with Crippen molar-refractivity contribution in [1.82, 2.24) is 10.2 Å². The van der Waals surface area contributed by atoms with Gasteiger partial charge in [-0.25, -0.2) is 0 Å². The van der Waals surface area contributed by atoms with Crippen molar-refractivity contribution in [2.45, 2.75) is 38.5 Å². The number of nitrogens with zero attached hydrogens (tertiary/aromatic N) is 1. The van der Waals surface area contributed by atoms with Crippen molar-refractivity contribution in [1.29, 1.82) is 0 Å². The minimum atomic E-state index is 0.896. The van der Waals surface area contributed by atoms with Gasteiger partial charge in [0.15, 0.2) is 0 Å². The van der Waals surface area contributed by atoms with Crippen LogP contribution in [-0.4, -0.2) is 18.0 Å². The lowest BCUT2D eigenvalue weighted by Gasteiger charge is -2.25. The van der Waals surface area contributed by atoms with E-state index in [0.717, 1.165) is 24.7 Å². The highest BCUT2D eigenvalue weighted by Crippen LogP contribution is 2.22. The van der Waals surface area contributed by atoms with E-state index in [1.54, 1.807) is 0 Å². The van der Waals surface area contributed by atoms with E-state index >= 15 is 0 Å². The summed E-state index contributed by atoms with van der Waals surface area (Å²) < 4.78 is 0. The zero-order valence-electron chi connectivity index (χ0n) is 9.14. The maximum atomic E-state index is 6.28. The van der Waals surface area contributed by atoms with Crippen LogP contribution in [0, 0.1) is 0 Å². The lowest BCUT2D eigenvalue weighted by atomic mass is 10.2. The molecule has 2 nitrogen and oxygen atoms in total. The summed E-state index contributed by atoms with van der Waals surface area (Å²) in [6.07, 6.45) is 11.7.